The van der Waals surface area contributed by atoms with E-state index in [1.807, 2.05) is 0 Å². The summed E-state index contributed by atoms with van der Waals surface area (Å²) in [7, 11) is -2.63. The van der Waals surface area contributed by atoms with Crippen molar-refractivity contribution in [3.05, 3.63) is 82.3 Å². The van der Waals surface area contributed by atoms with E-state index < -0.39 is 15.9 Å². The summed E-state index contributed by atoms with van der Waals surface area (Å²) < 4.78 is 38.9. The molecule has 0 atom stereocenters. The minimum atomic E-state index is -4.17. The first-order chi connectivity index (χ1) is 16.7. The summed E-state index contributed by atoms with van der Waals surface area (Å²) in [5.41, 5.74) is 0.418. The Hall–Kier alpha value is -3.38. The van der Waals surface area contributed by atoms with Crippen molar-refractivity contribution in [2.75, 3.05) is 17.1 Å². The number of nitrogens with zero attached hydrogens (tertiary/aromatic N) is 2. The van der Waals surface area contributed by atoms with Crippen molar-refractivity contribution in [3.8, 4) is 17.2 Å². The number of benzene rings is 3. The molecule has 0 aliphatic heterocycles. The van der Waals surface area contributed by atoms with Crippen LogP contribution in [0.15, 0.2) is 71.1 Å². The number of hydrogen-bond donors (Lipinski definition) is 2. The zero-order chi connectivity index (χ0) is 25.0. The van der Waals surface area contributed by atoms with Gasteiger partial charge < -0.3 is 9.47 Å². The van der Waals surface area contributed by atoms with E-state index in [1.54, 1.807) is 49.6 Å². The van der Waals surface area contributed by atoms with Gasteiger partial charge in [-0.15, -0.1) is 10.2 Å². The van der Waals surface area contributed by atoms with Gasteiger partial charge in [0.2, 0.25) is 5.13 Å². The highest BCUT2D eigenvalue weighted by Crippen LogP contribution is 2.34. The number of aromatic nitrogens is 2. The van der Waals surface area contributed by atoms with Gasteiger partial charge in [0.05, 0.1) is 12.8 Å². The highest BCUT2D eigenvalue weighted by molar-refractivity contribution is 7.94. The fourth-order valence-corrected chi connectivity index (χ4v) is 5.03. The van der Waals surface area contributed by atoms with Crippen LogP contribution >= 0.6 is 34.5 Å². The van der Waals surface area contributed by atoms with Gasteiger partial charge >= 0.3 is 0 Å². The average Bonchev–Trinajstić information content (AvgIpc) is 3.31. The smallest absolute Gasteiger partial charge is 0.291 e. The lowest BCUT2D eigenvalue weighted by molar-refractivity contribution is 0.102. The molecule has 0 saturated heterocycles. The second-order valence-corrected chi connectivity index (χ2v) is 10.6. The van der Waals surface area contributed by atoms with Gasteiger partial charge in [-0.3, -0.25) is 14.8 Å². The maximum atomic E-state index is 13.0. The highest BCUT2D eigenvalue weighted by atomic mass is 35.5. The molecule has 35 heavy (non-hydrogen) atoms. The first-order valence-electron chi connectivity index (χ1n) is 9.78. The Morgan fingerprint density at radius 3 is 2.26 bits per heavy atom. The van der Waals surface area contributed by atoms with Crippen LogP contribution in [0.3, 0.4) is 0 Å². The summed E-state index contributed by atoms with van der Waals surface area (Å²) >= 11 is 12.6. The maximum absolute atomic E-state index is 13.0. The van der Waals surface area contributed by atoms with Crippen molar-refractivity contribution in [1.29, 1.82) is 0 Å². The molecular formula is C22H16Cl2N4O5S2. The largest absolute Gasteiger partial charge is 0.497 e. The van der Waals surface area contributed by atoms with Crippen LogP contribution in [0.1, 0.15) is 10.4 Å². The molecule has 3 aromatic carbocycles. The van der Waals surface area contributed by atoms with Gasteiger partial charge in [-0.1, -0.05) is 34.5 Å². The van der Waals surface area contributed by atoms with Gasteiger partial charge in [-0.2, -0.15) is 8.42 Å². The van der Waals surface area contributed by atoms with E-state index in [4.69, 9.17) is 32.7 Å². The van der Waals surface area contributed by atoms with Crippen molar-refractivity contribution in [2.45, 2.75) is 4.34 Å². The summed E-state index contributed by atoms with van der Waals surface area (Å²) in [5.74, 6) is 0.824. The van der Waals surface area contributed by atoms with Gasteiger partial charge in [-0.25, -0.2) is 0 Å². The lowest BCUT2D eigenvalue weighted by Gasteiger charge is -2.13. The molecular weight excluding hydrogens is 535 g/mol. The molecule has 4 aromatic rings. The van der Waals surface area contributed by atoms with Gasteiger partial charge in [0.15, 0.2) is 5.75 Å². The molecule has 180 valence electrons. The van der Waals surface area contributed by atoms with E-state index in [1.165, 1.54) is 24.3 Å². The molecule has 0 radical (unpaired) electrons. The van der Waals surface area contributed by atoms with Crippen LogP contribution in [0.25, 0.3) is 0 Å². The van der Waals surface area contributed by atoms with Crippen molar-refractivity contribution in [1.82, 2.24) is 10.2 Å². The number of ether oxygens (including phenoxy) is 2. The Balaban J connectivity index is 1.52. The minimum Gasteiger partial charge on any atom is -0.497 e. The van der Waals surface area contributed by atoms with Crippen molar-refractivity contribution >= 4 is 61.3 Å². The summed E-state index contributed by atoms with van der Waals surface area (Å²) in [6.07, 6.45) is 0. The molecule has 9 nitrogen and oxygen atoms in total. The number of anilines is 2. The summed E-state index contributed by atoms with van der Waals surface area (Å²) in [6, 6.07) is 17.4. The molecule has 0 fully saturated rings. The van der Waals surface area contributed by atoms with Gasteiger partial charge in [-0.05, 0) is 66.7 Å². The van der Waals surface area contributed by atoms with E-state index >= 15 is 0 Å². The molecule has 0 bridgehead atoms. The van der Waals surface area contributed by atoms with Crippen LogP contribution in [0.4, 0.5) is 10.8 Å². The number of sulfonamides is 1. The Labute approximate surface area is 214 Å². The quantitative estimate of drug-likeness (QED) is 0.270. The normalized spacial score (nSPS) is 11.1. The molecule has 1 heterocycles. The Kier molecular flexibility index (Phi) is 7.41. The number of carbonyl (C=O) groups is 1. The standard InChI is InChI=1S/C22H16Cl2N4O5S2/c1-32-16-7-9-17(10-8-16)33-19-11-6-15(24)12-18(19)28-35(30,31)22-27-26-21(34-22)25-20(29)13-2-4-14(23)5-3-13/h2-12,28H,1H3,(H,25,26,29). The first kappa shape index (κ1) is 24.7. The number of carbonyl (C=O) groups excluding carboxylic acids is 1. The van der Waals surface area contributed by atoms with Crippen molar-refractivity contribution in [3.63, 3.8) is 0 Å². The number of methoxy groups -OCH3 is 1. The summed E-state index contributed by atoms with van der Waals surface area (Å²) in [6.45, 7) is 0. The Morgan fingerprint density at radius 2 is 1.57 bits per heavy atom. The maximum Gasteiger partial charge on any atom is 0.291 e. The second kappa shape index (κ2) is 10.5. The van der Waals surface area contributed by atoms with Gasteiger partial charge in [0.1, 0.15) is 11.5 Å². The molecule has 0 aliphatic carbocycles. The van der Waals surface area contributed by atoms with Crippen LogP contribution in [0.5, 0.6) is 17.2 Å². The van der Waals surface area contributed by atoms with E-state index in [2.05, 4.69) is 20.2 Å². The first-order valence-corrected chi connectivity index (χ1v) is 12.8. The third-order valence-electron chi connectivity index (χ3n) is 4.44. The predicted molar refractivity (Wildman–Crippen MR) is 135 cm³/mol. The van der Waals surface area contributed by atoms with E-state index in [9.17, 15) is 13.2 Å². The second-order valence-electron chi connectivity index (χ2n) is 6.86. The molecule has 0 unspecified atom stereocenters. The van der Waals surface area contributed by atoms with Crippen molar-refractivity contribution in [2.24, 2.45) is 0 Å². The van der Waals surface area contributed by atoms with Gasteiger partial charge in [0, 0.05) is 15.6 Å². The third kappa shape index (κ3) is 6.20. The van der Waals surface area contributed by atoms with Crippen LogP contribution in [0, 0.1) is 0 Å². The lowest BCUT2D eigenvalue weighted by Crippen LogP contribution is -2.13. The number of hydrogen-bond acceptors (Lipinski definition) is 8. The van der Waals surface area contributed by atoms with Crippen LogP contribution in [-0.4, -0.2) is 31.6 Å². The molecule has 0 aliphatic rings. The van der Waals surface area contributed by atoms with Crippen LogP contribution in [0.2, 0.25) is 10.0 Å². The summed E-state index contributed by atoms with van der Waals surface area (Å²) in [4.78, 5) is 12.4. The van der Waals surface area contributed by atoms with E-state index in [-0.39, 0.29) is 25.9 Å². The molecule has 0 spiro atoms. The minimum absolute atomic E-state index is 0.00567. The molecule has 0 saturated carbocycles. The Bertz CT molecular complexity index is 1460. The van der Waals surface area contributed by atoms with Crippen LogP contribution < -0.4 is 19.5 Å². The molecule has 13 heteroatoms. The molecule has 4 rings (SSSR count). The summed E-state index contributed by atoms with van der Waals surface area (Å²) in [5, 5.41) is 10.7. The van der Waals surface area contributed by atoms with Crippen LogP contribution in [-0.2, 0) is 10.0 Å². The highest BCUT2D eigenvalue weighted by Gasteiger charge is 2.23. The Morgan fingerprint density at radius 1 is 0.914 bits per heavy atom. The zero-order valence-corrected chi connectivity index (χ0v) is 21.0. The molecule has 1 aromatic heterocycles. The number of halogens is 2. The van der Waals surface area contributed by atoms with Gasteiger partial charge in [0.25, 0.3) is 20.3 Å². The number of rotatable bonds is 8. The fourth-order valence-electron chi connectivity index (χ4n) is 2.77. The molecule has 2 N–H and O–H groups in total. The lowest BCUT2D eigenvalue weighted by atomic mass is 10.2. The zero-order valence-electron chi connectivity index (χ0n) is 17.9. The van der Waals surface area contributed by atoms with Crippen molar-refractivity contribution < 1.29 is 22.7 Å². The number of amides is 1. The third-order valence-corrected chi connectivity index (χ3v) is 7.50. The topological polar surface area (TPSA) is 120 Å². The monoisotopic (exact) mass is 550 g/mol. The predicted octanol–water partition coefficient (Wildman–Crippen LogP) is 5.70. The van der Waals surface area contributed by atoms with E-state index in [0.717, 1.165) is 0 Å². The van der Waals surface area contributed by atoms with E-state index in [0.29, 0.717) is 33.4 Å². The molecule has 1 amide bonds. The number of nitrogens with one attached hydrogen (secondary N) is 2. The fraction of sp³-hybridized carbons (Fsp3) is 0.0455. The SMILES string of the molecule is COc1ccc(Oc2ccc(Cl)cc2NS(=O)(=O)c2nnc(NC(=O)c3ccc(Cl)cc3)s2)cc1. The average molecular weight is 551 g/mol.